The van der Waals surface area contributed by atoms with E-state index in [1.807, 2.05) is 0 Å². The summed E-state index contributed by atoms with van der Waals surface area (Å²) in [6.45, 7) is 0. The van der Waals surface area contributed by atoms with E-state index in [2.05, 4.69) is 15.9 Å². The average Bonchev–Trinajstić information content (AvgIpc) is 2.80. The van der Waals surface area contributed by atoms with Crippen LogP contribution in [0.3, 0.4) is 0 Å². The van der Waals surface area contributed by atoms with E-state index in [-0.39, 0.29) is 34.9 Å². The lowest BCUT2D eigenvalue weighted by atomic mass is 10.1. The number of rotatable bonds is 1. The van der Waals surface area contributed by atoms with Crippen molar-refractivity contribution in [1.29, 1.82) is 0 Å². The minimum absolute atomic E-state index is 0.0524. The lowest BCUT2D eigenvalue weighted by Gasteiger charge is -2.20. The van der Waals surface area contributed by atoms with Crippen LogP contribution in [0.1, 0.15) is 33.6 Å². The number of ketones is 1. The molecule has 2 aliphatic rings. The Balaban J connectivity index is 1.96. The zero-order valence-corrected chi connectivity index (χ0v) is 11.0. The first-order valence-corrected chi connectivity index (χ1v) is 6.65. The van der Waals surface area contributed by atoms with Crippen LogP contribution in [-0.2, 0) is 4.79 Å². The van der Waals surface area contributed by atoms with Crippen LogP contribution in [0.15, 0.2) is 24.3 Å². The second kappa shape index (κ2) is 4.02. The number of hydrogen-bond donors (Lipinski definition) is 0. The number of amides is 2. The summed E-state index contributed by atoms with van der Waals surface area (Å²) < 4.78 is 0. The summed E-state index contributed by atoms with van der Waals surface area (Å²) in [6, 6.07) is 6.46. The van der Waals surface area contributed by atoms with E-state index >= 15 is 0 Å². The molecule has 0 spiro atoms. The van der Waals surface area contributed by atoms with E-state index in [0.717, 1.165) is 0 Å². The molecule has 1 heterocycles. The van der Waals surface area contributed by atoms with E-state index in [0.29, 0.717) is 17.5 Å². The molecule has 1 aromatic rings. The van der Waals surface area contributed by atoms with Crippen LogP contribution < -0.4 is 0 Å². The molecule has 1 aliphatic heterocycles. The van der Waals surface area contributed by atoms with Crippen molar-refractivity contribution in [2.45, 2.75) is 23.7 Å². The Labute approximate surface area is 112 Å². The normalized spacial score (nSPS) is 26.9. The Morgan fingerprint density at radius 1 is 1.06 bits per heavy atom. The maximum Gasteiger partial charge on any atom is 0.261 e. The van der Waals surface area contributed by atoms with Gasteiger partial charge >= 0.3 is 0 Å². The minimum Gasteiger partial charge on any atom is -0.298 e. The summed E-state index contributed by atoms with van der Waals surface area (Å²) in [4.78, 5) is 36.9. The number of nitrogens with zero attached hydrogens (tertiary/aromatic N) is 1. The van der Waals surface area contributed by atoms with E-state index in [1.165, 1.54) is 4.90 Å². The van der Waals surface area contributed by atoms with E-state index in [9.17, 15) is 14.4 Å². The molecular formula is C13H10BrNO3. The van der Waals surface area contributed by atoms with Crippen molar-refractivity contribution in [2.24, 2.45) is 0 Å². The number of carbonyl (C=O) groups excluding carboxylic acids is 3. The lowest BCUT2D eigenvalue weighted by Crippen LogP contribution is -2.38. The topological polar surface area (TPSA) is 54.5 Å². The van der Waals surface area contributed by atoms with Gasteiger partial charge in [-0.2, -0.15) is 0 Å². The molecule has 0 N–H and O–H groups in total. The van der Waals surface area contributed by atoms with Crippen LogP contribution >= 0.6 is 15.9 Å². The van der Waals surface area contributed by atoms with Gasteiger partial charge < -0.3 is 0 Å². The van der Waals surface area contributed by atoms with Gasteiger partial charge in [0.25, 0.3) is 11.8 Å². The molecule has 0 bridgehead atoms. The molecule has 2 amide bonds. The predicted octanol–water partition coefficient (Wildman–Crippen LogP) is 1.78. The van der Waals surface area contributed by atoms with E-state index in [1.54, 1.807) is 24.3 Å². The Hall–Kier alpha value is -1.49. The fraction of sp³-hybridized carbons (Fsp3) is 0.308. The highest BCUT2D eigenvalue weighted by molar-refractivity contribution is 9.10. The molecule has 0 radical (unpaired) electrons. The largest absolute Gasteiger partial charge is 0.298 e. The van der Waals surface area contributed by atoms with Gasteiger partial charge in [-0.3, -0.25) is 19.3 Å². The Kier molecular flexibility index (Phi) is 2.59. The second-order valence-electron chi connectivity index (χ2n) is 4.55. The van der Waals surface area contributed by atoms with Crippen molar-refractivity contribution in [3.63, 3.8) is 0 Å². The number of Topliss-reactive ketones (excluding diaryl/α,β-unsaturated/α-hetero) is 1. The van der Waals surface area contributed by atoms with Crippen LogP contribution in [0.5, 0.6) is 0 Å². The first-order chi connectivity index (χ1) is 8.59. The fourth-order valence-corrected chi connectivity index (χ4v) is 3.17. The fourth-order valence-electron chi connectivity index (χ4n) is 2.55. The highest BCUT2D eigenvalue weighted by Crippen LogP contribution is 2.32. The van der Waals surface area contributed by atoms with Crippen LogP contribution in [0.2, 0.25) is 0 Å². The monoisotopic (exact) mass is 307 g/mol. The third-order valence-corrected chi connectivity index (χ3v) is 4.34. The average molecular weight is 308 g/mol. The number of fused-ring (bicyclic) bond motifs is 1. The number of benzene rings is 1. The second-order valence-corrected chi connectivity index (χ2v) is 5.66. The maximum absolute atomic E-state index is 12.2. The molecule has 1 fully saturated rings. The number of halogens is 1. The van der Waals surface area contributed by atoms with Crippen molar-refractivity contribution >= 4 is 33.5 Å². The molecule has 1 saturated carbocycles. The summed E-state index contributed by atoms with van der Waals surface area (Å²) in [5, 5.41) is 0. The summed E-state index contributed by atoms with van der Waals surface area (Å²) in [5.41, 5.74) is 0.876. The van der Waals surface area contributed by atoms with Gasteiger partial charge in [-0.1, -0.05) is 28.1 Å². The first-order valence-electron chi connectivity index (χ1n) is 5.73. The van der Waals surface area contributed by atoms with Gasteiger partial charge in [0.1, 0.15) is 5.78 Å². The molecule has 0 saturated heterocycles. The number of alkyl halides is 1. The summed E-state index contributed by atoms with van der Waals surface area (Å²) in [7, 11) is 0. The molecule has 1 aliphatic carbocycles. The van der Waals surface area contributed by atoms with E-state index < -0.39 is 0 Å². The number of hydrogen-bond acceptors (Lipinski definition) is 3. The standard InChI is InChI=1S/C13H10BrNO3/c14-10-5-7(6-11(10)16)15-12(17)8-3-1-2-4-9(8)13(15)18/h1-4,7,10H,5-6H2. The first kappa shape index (κ1) is 11.6. The Morgan fingerprint density at radius 2 is 1.61 bits per heavy atom. The lowest BCUT2D eigenvalue weighted by molar-refractivity contribution is -0.117. The zero-order valence-electron chi connectivity index (χ0n) is 9.43. The van der Waals surface area contributed by atoms with Crippen LogP contribution in [-0.4, -0.2) is 33.4 Å². The summed E-state index contributed by atoms with van der Waals surface area (Å²) in [5.74, 6) is -0.512. The zero-order chi connectivity index (χ0) is 12.9. The van der Waals surface area contributed by atoms with Crippen LogP contribution in [0, 0.1) is 0 Å². The molecule has 2 atom stereocenters. The van der Waals surface area contributed by atoms with Crippen molar-refractivity contribution in [1.82, 2.24) is 4.90 Å². The molecular weight excluding hydrogens is 298 g/mol. The maximum atomic E-state index is 12.2. The predicted molar refractivity (Wildman–Crippen MR) is 67.7 cm³/mol. The van der Waals surface area contributed by atoms with Crippen molar-refractivity contribution in [3.05, 3.63) is 35.4 Å². The Bertz CT molecular complexity index is 534. The molecule has 18 heavy (non-hydrogen) atoms. The Morgan fingerprint density at radius 3 is 2.06 bits per heavy atom. The van der Waals surface area contributed by atoms with Gasteiger partial charge in [0.05, 0.1) is 16.0 Å². The molecule has 3 rings (SSSR count). The molecule has 4 nitrogen and oxygen atoms in total. The molecule has 92 valence electrons. The minimum atomic E-state index is -0.311. The highest BCUT2D eigenvalue weighted by atomic mass is 79.9. The third kappa shape index (κ3) is 1.54. The van der Waals surface area contributed by atoms with Gasteiger partial charge in [0.15, 0.2) is 0 Å². The summed E-state index contributed by atoms with van der Waals surface area (Å²) >= 11 is 3.27. The SMILES string of the molecule is O=C1CC(N2C(=O)c3ccccc3C2=O)CC1Br. The number of imide groups is 1. The van der Waals surface area contributed by atoms with Gasteiger partial charge in [0.2, 0.25) is 0 Å². The third-order valence-electron chi connectivity index (χ3n) is 3.46. The van der Waals surface area contributed by atoms with Gasteiger partial charge in [0, 0.05) is 12.5 Å². The van der Waals surface area contributed by atoms with Crippen LogP contribution in [0.4, 0.5) is 0 Å². The van der Waals surface area contributed by atoms with Crippen molar-refractivity contribution in [2.75, 3.05) is 0 Å². The summed E-state index contributed by atoms with van der Waals surface area (Å²) in [6.07, 6.45) is 0.756. The number of carbonyl (C=O) groups is 3. The van der Waals surface area contributed by atoms with Crippen molar-refractivity contribution < 1.29 is 14.4 Å². The quantitative estimate of drug-likeness (QED) is 0.587. The van der Waals surface area contributed by atoms with E-state index in [4.69, 9.17) is 0 Å². The van der Waals surface area contributed by atoms with Gasteiger partial charge in [-0.25, -0.2) is 0 Å². The molecule has 5 heteroatoms. The highest BCUT2D eigenvalue weighted by Gasteiger charge is 2.44. The van der Waals surface area contributed by atoms with Gasteiger partial charge in [-0.15, -0.1) is 0 Å². The van der Waals surface area contributed by atoms with Crippen molar-refractivity contribution in [3.8, 4) is 0 Å². The molecule has 1 aromatic carbocycles. The molecule has 0 aromatic heterocycles. The smallest absolute Gasteiger partial charge is 0.261 e. The van der Waals surface area contributed by atoms with Gasteiger partial charge in [-0.05, 0) is 18.6 Å². The van der Waals surface area contributed by atoms with Crippen LogP contribution in [0.25, 0.3) is 0 Å². The molecule has 2 unspecified atom stereocenters.